The van der Waals surface area contributed by atoms with E-state index in [-0.39, 0.29) is 17.5 Å². The van der Waals surface area contributed by atoms with Gasteiger partial charge >= 0.3 is 12.4 Å². The number of likely N-dealkylation sites (tertiary alicyclic amines) is 1. The van der Waals surface area contributed by atoms with Gasteiger partial charge in [0, 0.05) is 25.3 Å². The van der Waals surface area contributed by atoms with Crippen molar-refractivity contribution in [3.05, 3.63) is 83.6 Å². The summed E-state index contributed by atoms with van der Waals surface area (Å²) in [7, 11) is 0. The predicted octanol–water partition coefficient (Wildman–Crippen LogP) is 6.42. The first-order valence-electron chi connectivity index (χ1n) is 15.6. The summed E-state index contributed by atoms with van der Waals surface area (Å²) in [5.74, 6) is -1.28. The normalized spacial score (nSPS) is 16.3. The number of nitrogens with zero attached hydrogens (tertiary/aromatic N) is 2. The van der Waals surface area contributed by atoms with E-state index in [1.807, 2.05) is 36.4 Å². The Morgan fingerprint density at radius 2 is 1.51 bits per heavy atom. The van der Waals surface area contributed by atoms with E-state index >= 15 is 0 Å². The molecular weight excluding hydrogens is 626 g/mol. The number of unbranched alkanes of at least 4 members (excludes halogenated alkanes) is 1. The first-order valence-corrected chi connectivity index (χ1v) is 15.6. The molecule has 252 valence electrons. The van der Waals surface area contributed by atoms with E-state index in [2.05, 4.69) is 20.5 Å². The fourth-order valence-electron chi connectivity index (χ4n) is 6.52. The third-order valence-electron chi connectivity index (χ3n) is 8.74. The summed E-state index contributed by atoms with van der Waals surface area (Å²) in [6.45, 7) is 0.0454. The van der Waals surface area contributed by atoms with E-state index in [1.54, 1.807) is 12.1 Å². The van der Waals surface area contributed by atoms with Gasteiger partial charge < -0.3 is 20.3 Å². The van der Waals surface area contributed by atoms with Crippen LogP contribution in [0.25, 0.3) is 11.1 Å². The number of halogens is 6. The number of benzene rings is 2. The highest BCUT2D eigenvalue weighted by Crippen LogP contribution is 2.51. The molecule has 2 aliphatic rings. The second-order valence-electron chi connectivity index (χ2n) is 11.9. The number of alkyl halides is 6. The van der Waals surface area contributed by atoms with E-state index < -0.39 is 49.2 Å². The van der Waals surface area contributed by atoms with Crippen molar-refractivity contribution in [2.45, 2.75) is 62.3 Å². The van der Waals surface area contributed by atoms with Gasteiger partial charge in [0.15, 0.2) is 0 Å². The molecule has 2 aromatic carbocycles. The van der Waals surface area contributed by atoms with Gasteiger partial charge in [-0.3, -0.25) is 9.59 Å². The van der Waals surface area contributed by atoms with Crippen LogP contribution in [0.3, 0.4) is 0 Å². The van der Waals surface area contributed by atoms with Crippen molar-refractivity contribution in [1.82, 2.24) is 20.5 Å². The van der Waals surface area contributed by atoms with Crippen LogP contribution in [0.1, 0.15) is 60.0 Å². The largest absolute Gasteiger partial charge is 0.477 e. The standard InChI is InChI=1S/C34H36F6N4O3/c35-33(36,37)16-21-47-30-26(10-7-17-41-30)29(45)43-23-13-19-44(20-14-23)18-6-5-15-32(31(46)42-22-34(38,39)40)27-11-3-1-8-24(27)25-9-2-4-12-28(25)32/h1-4,7-12,17,23H,5-6,13-16,18-22H2,(H,42,46)(H,43,45). The molecule has 0 radical (unpaired) electrons. The molecule has 2 amide bonds. The lowest BCUT2D eigenvalue weighted by Gasteiger charge is -2.33. The van der Waals surface area contributed by atoms with E-state index in [1.165, 1.54) is 18.3 Å². The first kappa shape index (κ1) is 34.2. The lowest BCUT2D eigenvalue weighted by atomic mass is 9.73. The highest BCUT2D eigenvalue weighted by atomic mass is 19.4. The number of piperidine rings is 1. The van der Waals surface area contributed by atoms with Gasteiger partial charge in [-0.25, -0.2) is 4.98 Å². The second kappa shape index (κ2) is 14.3. The molecule has 13 heteroatoms. The number of carbonyl (C=O) groups excluding carboxylic acids is 2. The van der Waals surface area contributed by atoms with Gasteiger partial charge in [-0.2, -0.15) is 26.3 Å². The number of hydrogen-bond donors (Lipinski definition) is 2. The topological polar surface area (TPSA) is 83.6 Å². The number of rotatable bonds is 12. The summed E-state index contributed by atoms with van der Waals surface area (Å²) in [6.07, 6.45) is -5.77. The van der Waals surface area contributed by atoms with Crippen LogP contribution in [0.15, 0.2) is 66.9 Å². The summed E-state index contributed by atoms with van der Waals surface area (Å²) in [5, 5.41) is 5.10. The Morgan fingerprint density at radius 3 is 2.13 bits per heavy atom. The minimum absolute atomic E-state index is 0.0698. The predicted molar refractivity (Wildman–Crippen MR) is 163 cm³/mol. The van der Waals surface area contributed by atoms with Crippen LogP contribution in [0.2, 0.25) is 0 Å². The van der Waals surface area contributed by atoms with Crippen molar-refractivity contribution in [2.24, 2.45) is 0 Å². The van der Waals surface area contributed by atoms with Crippen molar-refractivity contribution in [3.63, 3.8) is 0 Å². The van der Waals surface area contributed by atoms with Crippen molar-refractivity contribution < 1.29 is 40.7 Å². The smallest absolute Gasteiger partial charge is 0.405 e. The third kappa shape index (κ3) is 8.24. The number of carbonyl (C=O) groups is 2. The van der Waals surface area contributed by atoms with Crippen molar-refractivity contribution >= 4 is 11.8 Å². The Morgan fingerprint density at radius 1 is 0.872 bits per heavy atom. The minimum atomic E-state index is -4.54. The Labute approximate surface area is 268 Å². The lowest BCUT2D eigenvalue weighted by Crippen LogP contribution is -2.47. The highest BCUT2D eigenvalue weighted by Gasteiger charge is 2.49. The fraction of sp³-hybridized carbons (Fsp3) is 0.441. The summed E-state index contributed by atoms with van der Waals surface area (Å²) < 4.78 is 82.1. The number of hydrogen-bond acceptors (Lipinski definition) is 5. The van der Waals surface area contributed by atoms with Crippen molar-refractivity contribution in [3.8, 4) is 17.0 Å². The molecule has 5 rings (SSSR count). The molecule has 1 saturated heterocycles. The molecule has 0 bridgehead atoms. The third-order valence-corrected chi connectivity index (χ3v) is 8.74. The van der Waals surface area contributed by atoms with Crippen LogP contribution >= 0.6 is 0 Å². The van der Waals surface area contributed by atoms with E-state index in [0.717, 1.165) is 11.1 Å². The number of aromatic nitrogens is 1. The van der Waals surface area contributed by atoms with Gasteiger partial charge in [-0.1, -0.05) is 55.0 Å². The number of nitrogens with one attached hydrogen (secondary N) is 2. The van der Waals surface area contributed by atoms with Crippen LogP contribution in [0.4, 0.5) is 26.3 Å². The van der Waals surface area contributed by atoms with Gasteiger partial charge in [0.25, 0.3) is 5.91 Å². The van der Waals surface area contributed by atoms with Gasteiger partial charge in [0.1, 0.15) is 17.5 Å². The van der Waals surface area contributed by atoms with Gasteiger partial charge in [0.05, 0.1) is 13.0 Å². The second-order valence-corrected chi connectivity index (χ2v) is 11.9. The molecule has 0 spiro atoms. The van der Waals surface area contributed by atoms with Gasteiger partial charge in [-0.05, 0) is 66.6 Å². The van der Waals surface area contributed by atoms with Crippen molar-refractivity contribution in [2.75, 3.05) is 32.8 Å². The van der Waals surface area contributed by atoms with Crippen LogP contribution in [-0.4, -0.2) is 72.9 Å². The Bertz CT molecular complexity index is 1510. The molecule has 0 saturated carbocycles. The molecular formula is C34H36F6N4O3. The van der Waals surface area contributed by atoms with Crippen LogP contribution < -0.4 is 15.4 Å². The molecule has 2 heterocycles. The maximum atomic E-state index is 13.7. The first-order chi connectivity index (χ1) is 22.4. The summed E-state index contributed by atoms with van der Waals surface area (Å²) >= 11 is 0. The molecule has 2 N–H and O–H groups in total. The molecule has 0 unspecified atom stereocenters. The molecule has 3 aromatic rings. The molecule has 0 atom stereocenters. The zero-order valence-electron chi connectivity index (χ0n) is 25.6. The molecule has 1 fully saturated rings. The number of fused-ring (bicyclic) bond motifs is 3. The zero-order valence-corrected chi connectivity index (χ0v) is 25.6. The molecule has 7 nitrogen and oxygen atoms in total. The quantitative estimate of drug-likeness (QED) is 0.173. The van der Waals surface area contributed by atoms with Crippen LogP contribution in [0.5, 0.6) is 5.88 Å². The lowest BCUT2D eigenvalue weighted by molar-refractivity contribution is -0.141. The van der Waals surface area contributed by atoms with Crippen LogP contribution in [0, 0.1) is 0 Å². The van der Waals surface area contributed by atoms with Crippen LogP contribution in [-0.2, 0) is 10.2 Å². The summed E-state index contributed by atoms with van der Waals surface area (Å²) in [4.78, 5) is 32.7. The molecule has 1 aliphatic carbocycles. The minimum Gasteiger partial charge on any atom is -0.477 e. The van der Waals surface area contributed by atoms with Gasteiger partial charge in [-0.15, -0.1) is 0 Å². The Hall–Kier alpha value is -4.13. The van der Waals surface area contributed by atoms with E-state index in [9.17, 15) is 35.9 Å². The maximum absolute atomic E-state index is 13.7. The highest BCUT2D eigenvalue weighted by molar-refractivity contribution is 6.00. The molecule has 1 aliphatic heterocycles. The van der Waals surface area contributed by atoms with E-state index in [4.69, 9.17) is 4.74 Å². The SMILES string of the molecule is O=C(NC1CCN(CCCCC2(C(=O)NCC(F)(F)F)c3ccccc3-c3ccccc32)CC1)c1cccnc1OCCC(F)(F)F. The average molecular weight is 663 g/mol. The number of ether oxygens (including phenoxy) is 1. The monoisotopic (exact) mass is 662 g/mol. The number of pyridine rings is 1. The molecule has 47 heavy (non-hydrogen) atoms. The van der Waals surface area contributed by atoms with Gasteiger partial charge in [0.2, 0.25) is 11.8 Å². The Balaban J connectivity index is 1.16. The fourth-order valence-corrected chi connectivity index (χ4v) is 6.52. The average Bonchev–Trinajstić information content (AvgIpc) is 3.32. The summed E-state index contributed by atoms with van der Waals surface area (Å²) in [6, 6.07) is 17.6. The summed E-state index contributed by atoms with van der Waals surface area (Å²) in [5.41, 5.74) is 1.94. The maximum Gasteiger partial charge on any atom is 0.405 e. The Kier molecular flexibility index (Phi) is 10.4. The van der Waals surface area contributed by atoms with Crippen molar-refractivity contribution in [1.29, 1.82) is 0 Å². The molecule has 1 aromatic heterocycles. The zero-order chi connectivity index (χ0) is 33.7. The number of amides is 2. The van der Waals surface area contributed by atoms with E-state index in [0.29, 0.717) is 62.9 Å².